The Balaban J connectivity index is 1.75. The van der Waals surface area contributed by atoms with E-state index in [1.807, 2.05) is 37.4 Å². The Morgan fingerprint density at radius 2 is 1.65 bits per heavy atom. The monoisotopic (exact) mass is 332 g/mol. The van der Waals surface area contributed by atoms with Gasteiger partial charge < -0.3 is 4.90 Å². The molecule has 0 aliphatic rings. The molecule has 1 unspecified atom stereocenters. The first kappa shape index (κ1) is 17.0. The Bertz CT molecular complexity index is 659. The summed E-state index contributed by atoms with van der Waals surface area (Å²) in [5.74, 6) is -0.588. The number of carbonyl (C=O) groups is 2. The minimum atomic E-state index is -0.339. The van der Waals surface area contributed by atoms with Gasteiger partial charge in [-0.1, -0.05) is 41.9 Å². The highest BCUT2D eigenvalue weighted by atomic mass is 35.5. The summed E-state index contributed by atoms with van der Waals surface area (Å²) in [6.45, 7) is 0.939. The summed E-state index contributed by atoms with van der Waals surface area (Å²) in [6.07, 6.45) is 0. The fourth-order valence-corrected chi connectivity index (χ4v) is 2.25. The largest absolute Gasteiger partial charge is 0.326 e. The lowest BCUT2D eigenvalue weighted by Gasteiger charge is -2.14. The average Bonchev–Trinajstić information content (AvgIpc) is 2.55. The molecule has 2 aromatic rings. The van der Waals surface area contributed by atoms with Gasteiger partial charge in [-0.3, -0.25) is 20.4 Å². The number of hydrogen-bond donors (Lipinski definition) is 3. The zero-order chi connectivity index (χ0) is 16.7. The summed E-state index contributed by atoms with van der Waals surface area (Å²) in [6, 6.07) is 16.2. The molecule has 0 saturated heterocycles. The van der Waals surface area contributed by atoms with E-state index in [2.05, 4.69) is 10.9 Å². The number of halogens is 1. The first-order valence-corrected chi connectivity index (χ1v) is 7.62. The number of hydrazine groups is 1. The van der Waals surface area contributed by atoms with Gasteiger partial charge in [-0.15, -0.1) is 0 Å². The highest BCUT2D eigenvalue weighted by Crippen LogP contribution is 2.08. The van der Waals surface area contributed by atoms with Gasteiger partial charge in [0.2, 0.25) is 0 Å². The summed E-state index contributed by atoms with van der Waals surface area (Å²) in [4.78, 5) is 24.7. The van der Waals surface area contributed by atoms with Gasteiger partial charge in [0.05, 0.1) is 7.05 Å². The van der Waals surface area contributed by atoms with Crippen molar-refractivity contribution in [3.63, 3.8) is 0 Å². The van der Waals surface area contributed by atoms with Gasteiger partial charge >= 0.3 is 0 Å². The van der Waals surface area contributed by atoms with Crippen LogP contribution in [-0.2, 0) is 11.3 Å². The van der Waals surface area contributed by atoms with Crippen molar-refractivity contribution in [2.45, 2.75) is 6.54 Å². The maximum atomic E-state index is 11.9. The van der Waals surface area contributed by atoms with Crippen LogP contribution in [0.5, 0.6) is 0 Å². The van der Waals surface area contributed by atoms with Crippen LogP contribution in [-0.4, -0.2) is 25.4 Å². The number of quaternary nitrogens is 1. The van der Waals surface area contributed by atoms with E-state index < -0.39 is 0 Å². The summed E-state index contributed by atoms with van der Waals surface area (Å²) in [5, 5.41) is 0.688. The first-order chi connectivity index (χ1) is 11.0. The quantitative estimate of drug-likeness (QED) is 0.710. The average molecular weight is 333 g/mol. The number of hydrogen-bond acceptors (Lipinski definition) is 2. The summed E-state index contributed by atoms with van der Waals surface area (Å²) in [5.41, 5.74) is 6.42. The van der Waals surface area contributed by atoms with E-state index in [0.717, 1.165) is 10.5 Å². The van der Waals surface area contributed by atoms with E-state index in [1.165, 1.54) is 0 Å². The highest BCUT2D eigenvalue weighted by Gasteiger charge is 2.12. The van der Waals surface area contributed by atoms with Gasteiger partial charge in [0.15, 0.2) is 6.54 Å². The van der Waals surface area contributed by atoms with Crippen LogP contribution in [0, 0.1) is 0 Å². The van der Waals surface area contributed by atoms with Crippen LogP contribution in [0.4, 0.5) is 0 Å². The van der Waals surface area contributed by atoms with Gasteiger partial charge in [-0.2, -0.15) is 0 Å². The van der Waals surface area contributed by atoms with Crippen LogP contribution in [0.2, 0.25) is 5.02 Å². The molecule has 3 N–H and O–H groups in total. The maximum absolute atomic E-state index is 11.9. The molecule has 0 aromatic heterocycles. The summed E-state index contributed by atoms with van der Waals surface area (Å²) < 4.78 is 0. The summed E-state index contributed by atoms with van der Waals surface area (Å²) >= 11 is 5.84. The molecule has 0 saturated carbocycles. The Hall–Kier alpha value is -2.37. The molecule has 23 heavy (non-hydrogen) atoms. The number of likely N-dealkylation sites (N-methyl/N-ethyl adjacent to an activating group) is 1. The third kappa shape index (κ3) is 5.73. The van der Waals surface area contributed by atoms with E-state index in [9.17, 15) is 9.59 Å². The molecule has 5 nitrogen and oxygen atoms in total. The third-order valence-corrected chi connectivity index (χ3v) is 3.48. The van der Waals surface area contributed by atoms with Crippen LogP contribution in [0.25, 0.3) is 0 Å². The van der Waals surface area contributed by atoms with Crippen LogP contribution in [0.1, 0.15) is 15.9 Å². The second kappa shape index (κ2) is 8.31. The van der Waals surface area contributed by atoms with Gasteiger partial charge in [0.1, 0.15) is 6.54 Å². The minimum absolute atomic E-state index is 0.248. The number of rotatable bonds is 5. The van der Waals surface area contributed by atoms with Gasteiger partial charge in [-0.05, 0) is 24.3 Å². The van der Waals surface area contributed by atoms with Crippen molar-refractivity contribution < 1.29 is 14.5 Å². The Kier molecular flexibility index (Phi) is 6.14. The molecule has 120 valence electrons. The Morgan fingerprint density at radius 3 is 2.30 bits per heavy atom. The van der Waals surface area contributed by atoms with Crippen LogP contribution in [0.15, 0.2) is 54.6 Å². The van der Waals surface area contributed by atoms with Gasteiger partial charge in [0, 0.05) is 16.1 Å². The van der Waals surface area contributed by atoms with Crippen molar-refractivity contribution in [1.82, 2.24) is 10.9 Å². The fraction of sp³-hybridized carbons (Fsp3) is 0.176. The smallest absolute Gasteiger partial charge is 0.293 e. The normalized spacial score (nSPS) is 11.6. The number of amides is 2. The highest BCUT2D eigenvalue weighted by molar-refractivity contribution is 6.30. The van der Waals surface area contributed by atoms with E-state index in [4.69, 9.17) is 11.6 Å². The van der Waals surface area contributed by atoms with E-state index in [0.29, 0.717) is 17.1 Å². The SMILES string of the molecule is C[NH+](CC(=O)NNC(=O)c1ccccc1)Cc1ccc(Cl)cc1. The second-order valence-corrected chi connectivity index (χ2v) is 5.74. The standard InChI is InChI=1S/C17H18ClN3O2/c1-21(11-13-7-9-15(18)10-8-13)12-16(22)19-20-17(23)14-5-3-2-4-6-14/h2-10H,11-12H2,1H3,(H,19,22)(H,20,23)/p+1. The van der Waals surface area contributed by atoms with Crippen molar-refractivity contribution in [3.8, 4) is 0 Å². The number of carbonyl (C=O) groups excluding carboxylic acids is 2. The van der Waals surface area contributed by atoms with Gasteiger partial charge in [-0.25, -0.2) is 0 Å². The molecule has 0 heterocycles. The molecular weight excluding hydrogens is 314 g/mol. The van der Waals surface area contributed by atoms with Crippen molar-refractivity contribution in [1.29, 1.82) is 0 Å². The zero-order valence-electron chi connectivity index (χ0n) is 12.8. The van der Waals surface area contributed by atoms with E-state index in [-0.39, 0.29) is 18.4 Å². The molecule has 6 heteroatoms. The van der Waals surface area contributed by atoms with Crippen molar-refractivity contribution in [3.05, 3.63) is 70.7 Å². The van der Waals surface area contributed by atoms with Crippen molar-refractivity contribution in [2.24, 2.45) is 0 Å². The molecule has 1 atom stereocenters. The van der Waals surface area contributed by atoms with Crippen LogP contribution < -0.4 is 15.8 Å². The van der Waals surface area contributed by atoms with Crippen molar-refractivity contribution >= 4 is 23.4 Å². The number of benzene rings is 2. The molecule has 0 aliphatic carbocycles. The van der Waals surface area contributed by atoms with Gasteiger partial charge in [0.25, 0.3) is 11.8 Å². The zero-order valence-corrected chi connectivity index (χ0v) is 13.6. The summed E-state index contributed by atoms with van der Waals surface area (Å²) in [7, 11) is 1.91. The maximum Gasteiger partial charge on any atom is 0.293 e. The van der Waals surface area contributed by atoms with E-state index >= 15 is 0 Å². The van der Waals surface area contributed by atoms with E-state index in [1.54, 1.807) is 24.3 Å². The molecule has 0 spiro atoms. The Labute approximate surface area is 140 Å². The molecule has 0 aliphatic heterocycles. The molecule has 2 amide bonds. The molecule has 0 radical (unpaired) electrons. The fourth-order valence-electron chi connectivity index (χ4n) is 2.12. The van der Waals surface area contributed by atoms with Crippen LogP contribution in [0.3, 0.4) is 0 Å². The topological polar surface area (TPSA) is 62.6 Å². The van der Waals surface area contributed by atoms with Crippen LogP contribution >= 0.6 is 11.6 Å². The molecule has 2 aromatic carbocycles. The first-order valence-electron chi connectivity index (χ1n) is 7.24. The molecule has 2 rings (SSSR count). The van der Waals surface area contributed by atoms with Crippen molar-refractivity contribution in [2.75, 3.05) is 13.6 Å². The molecular formula is C17H19ClN3O2+. The second-order valence-electron chi connectivity index (χ2n) is 5.31. The lowest BCUT2D eigenvalue weighted by atomic mass is 10.2. The molecule has 0 bridgehead atoms. The predicted molar refractivity (Wildman–Crippen MR) is 89.0 cm³/mol. The molecule has 0 fully saturated rings. The lowest BCUT2D eigenvalue weighted by Crippen LogP contribution is -3.09. The third-order valence-electron chi connectivity index (χ3n) is 3.23. The predicted octanol–water partition coefficient (Wildman–Crippen LogP) is 0.816. The number of nitrogens with one attached hydrogen (secondary N) is 3. The Morgan fingerprint density at radius 1 is 1.00 bits per heavy atom. The minimum Gasteiger partial charge on any atom is -0.326 e. The lowest BCUT2D eigenvalue weighted by molar-refractivity contribution is -0.885.